The van der Waals surface area contributed by atoms with Gasteiger partial charge >= 0.3 is 0 Å². The molecule has 1 N–H and O–H groups in total. The first kappa shape index (κ1) is 12.5. The number of nitrogens with one attached hydrogen (secondary N) is 1. The van der Waals surface area contributed by atoms with Crippen molar-refractivity contribution in [2.45, 2.75) is 51.6 Å². The molecule has 2 unspecified atom stereocenters. The van der Waals surface area contributed by atoms with E-state index in [0.717, 1.165) is 19.6 Å². The number of nitrogens with zero attached hydrogens (tertiary/aromatic N) is 2. The Bertz CT molecular complexity index is 234. The highest BCUT2D eigenvalue weighted by molar-refractivity contribution is 5.06. The molecule has 0 aromatic heterocycles. The van der Waals surface area contributed by atoms with Crippen LogP contribution in [0.2, 0.25) is 0 Å². The molecule has 0 bridgehead atoms. The van der Waals surface area contributed by atoms with E-state index in [1.165, 1.54) is 19.3 Å². The van der Waals surface area contributed by atoms with Crippen molar-refractivity contribution in [2.75, 3.05) is 19.6 Å². The maximum absolute atomic E-state index is 9.20. The monoisotopic (exact) mass is 209 g/mol. The third-order valence-electron chi connectivity index (χ3n) is 3.30. The highest BCUT2D eigenvalue weighted by atomic mass is 15.2. The molecule has 2 atom stereocenters. The second-order valence-electron chi connectivity index (χ2n) is 4.65. The first-order valence-corrected chi connectivity index (χ1v) is 6.05. The van der Waals surface area contributed by atoms with Crippen LogP contribution in [-0.2, 0) is 0 Å². The standard InChI is InChI=1S/C12H23N3/c1-4-11-7-6-8-15(11)10-12(3,9-13)14-5-2/h11,14H,4-8,10H2,1-3H3. The Morgan fingerprint density at radius 1 is 1.53 bits per heavy atom. The Hall–Kier alpha value is -0.590. The summed E-state index contributed by atoms with van der Waals surface area (Å²) in [5, 5.41) is 12.5. The summed E-state index contributed by atoms with van der Waals surface area (Å²) < 4.78 is 0. The van der Waals surface area contributed by atoms with Crippen molar-refractivity contribution in [1.29, 1.82) is 5.26 Å². The molecule has 1 saturated heterocycles. The van der Waals surface area contributed by atoms with Gasteiger partial charge in [-0.1, -0.05) is 13.8 Å². The fourth-order valence-corrected chi connectivity index (χ4v) is 2.49. The Balaban J connectivity index is 2.55. The highest BCUT2D eigenvalue weighted by Crippen LogP contribution is 2.21. The van der Waals surface area contributed by atoms with Crippen molar-refractivity contribution >= 4 is 0 Å². The molecule has 0 amide bonds. The van der Waals surface area contributed by atoms with E-state index in [2.05, 4.69) is 30.1 Å². The minimum Gasteiger partial charge on any atom is -0.299 e. The lowest BCUT2D eigenvalue weighted by Gasteiger charge is -2.31. The predicted molar refractivity (Wildman–Crippen MR) is 62.6 cm³/mol. The molecule has 1 rings (SSSR count). The molecule has 1 fully saturated rings. The van der Waals surface area contributed by atoms with Crippen LogP contribution in [0.25, 0.3) is 0 Å². The average molecular weight is 209 g/mol. The number of likely N-dealkylation sites (tertiary alicyclic amines) is 1. The van der Waals surface area contributed by atoms with Crippen LogP contribution in [-0.4, -0.2) is 36.1 Å². The van der Waals surface area contributed by atoms with E-state index in [9.17, 15) is 5.26 Å². The predicted octanol–water partition coefficient (Wildman–Crippen LogP) is 1.75. The summed E-state index contributed by atoms with van der Waals surface area (Å²) in [4.78, 5) is 2.46. The third kappa shape index (κ3) is 3.19. The fraction of sp³-hybridized carbons (Fsp3) is 0.917. The maximum atomic E-state index is 9.20. The molecule has 0 spiro atoms. The van der Waals surface area contributed by atoms with Gasteiger partial charge in [-0.15, -0.1) is 0 Å². The van der Waals surface area contributed by atoms with Crippen LogP contribution < -0.4 is 5.32 Å². The van der Waals surface area contributed by atoms with Gasteiger partial charge in [0, 0.05) is 12.6 Å². The molecule has 3 heteroatoms. The number of hydrogen-bond donors (Lipinski definition) is 1. The van der Waals surface area contributed by atoms with Crippen molar-refractivity contribution in [3.05, 3.63) is 0 Å². The largest absolute Gasteiger partial charge is 0.299 e. The molecule has 1 heterocycles. The van der Waals surface area contributed by atoms with Crippen molar-refractivity contribution < 1.29 is 0 Å². The normalized spacial score (nSPS) is 26.1. The van der Waals surface area contributed by atoms with Gasteiger partial charge in [-0.3, -0.25) is 10.2 Å². The van der Waals surface area contributed by atoms with Crippen LogP contribution in [0.4, 0.5) is 0 Å². The third-order valence-corrected chi connectivity index (χ3v) is 3.30. The summed E-state index contributed by atoms with van der Waals surface area (Å²) in [7, 11) is 0. The summed E-state index contributed by atoms with van der Waals surface area (Å²) in [6.45, 7) is 9.16. The summed E-state index contributed by atoms with van der Waals surface area (Å²) in [6, 6.07) is 3.09. The molecule has 1 aliphatic heterocycles. The first-order chi connectivity index (χ1) is 7.15. The Morgan fingerprint density at radius 2 is 2.27 bits per heavy atom. The van der Waals surface area contributed by atoms with Crippen LogP contribution in [0.3, 0.4) is 0 Å². The Kier molecular flexibility index (Phi) is 4.56. The SMILES string of the molecule is CCNC(C)(C#N)CN1CCCC1CC. The average Bonchev–Trinajstić information content (AvgIpc) is 2.65. The number of nitriles is 1. The molecule has 0 saturated carbocycles. The Morgan fingerprint density at radius 3 is 2.80 bits per heavy atom. The fourth-order valence-electron chi connectivity index (χ4n) is 2.49. The van der Waals surface area contributed by atoms with Gasteiger partial charge in [0.2, 0.25) is 0 Å². The minimum absolute atomic E-state index is 0.382. The topological polar surface area (TPSA) is 39.1 Å². The van der Waals surface area contributed by atoms with Crippen LogP contribution in [0, 0.1) is 11.3 Å². The lowest BCUT2D eigenvalue weighted by molar-refractivity contribution is 0.202. The van der Waals surface area contributed by atoms with Crippen LogP contribution in [0.15, 0.2) is 0 Å². The zero-order valence-electron chi connectivity index (χ0n) is 10.2. The van der Waals surface area contributed by atoms with E-state index < -0.39 is 0 Å². The molecular weight excluding hydrogens is 186 g/mol. The lowest BCUT2D eigenvalue weighted by Crippen LogP contribution is -2.51. The number of likely N-dealkylation sites (N-methyl/N-ethyl adjacent to an activating group) is 1. The van der Waals surface area contributed by atoms with Gasteiger partial charge in [0.15, 0.2) is 0 Å². The molecule has 0 radical (unpaired) electrons. The molecule has 0 aliphatic carbocycles. The van der Waals surface area contributed by atoms with Gasteiger partial charge < -0.3 is 0 Å². The lowest BCUT2D eigenvalue weighted by atomic mass is 10.0. The number of hydrogen-bond acceptors (Lipinski definition) is 3. The van der Waals surface area contributed by atoms with Gasteiger partial charge in [-0.2, -0.15) is 5.26 Å². The minimum atomic E-state index is -0.382. The zero-order valence-corrected chi connectivity index (χ0v) is 10.2. The zero-order chi connectivity index (χ0) is 11.3. The summed E-state index contributed by atoms with van der Waals surface area (Å²) >= 11 is 0. The summed E-state index contributed by atoms with van der Waals surface area (Å²) in [5.74, 6) is 0. The van der Waals surface area contributed by atoms with Gasteiger partial charge in [-0.05, 0) is 39.3 Å². The molecule has 1 aliphatic rings. The molecule has 0 aromatic carbocycles. The molecule has 15 heavy (non-hydrogen) atoms. The molecule has 3 nitrogen and oxygen atoms in total. The van der Waals surface area contributed by atoms with Gasteiger partial charge in [-0.25, -0.2) is 0 Å². The van der Waals surface area contributed by atoms with Crippen LogP contribution in [0.5, 0.6) is 0 Å². The van der Waals surface area contributed by atoms with E-state index in [-0.39, 0.29) is 5.54 Å². The second-order valence-corrected chi connectivity index (χ2v) is 4.65. The Labute approximate surface area is 93.5 Å². The smallest absolute Gasteiger partial charge is 0.116 e. The van der Waals surface area contributed by atoms with Crippen LogP contribution in [0.1, 0.15) is 40.0 Å². The molecular formula is C12H23N3. The molecule has 86 valence electrons. The maximum Gasteiger partial charge on any atom is 0.116 e. The highest BCUT2D eigenvalue weighted by Gasteiger charge is 2.31. The summed E-state index contributed by atoms with van der Waals surface area (Å²) in [6.07, 6.45) is 3.78. The van der Waals surface area contributed by atoms with E-state index >= 15 is 0 Å². The number of rotatable bonds is 5. The van der Waals surface area contributed by atoms with E-state index in [1.54, 1.807) is 0 Å². The first-order valence-electron chi connectivity index (χ1n) is 6.05. The molecule has 0 aromatic rings. The van der Waals surface area contributed by atoms with E-state index in [0.29, 0.717) is 6.04 Å². The van der Waals surface area contributed by atoms with Gasteiger partial charge in [0.25, 0.3) is 0 Å². The second kappa shape index (κ2) is 5.48. The van der Waals surface area contributed by atoms with Crippen molar-refractivity contribution in [1.82, 2.24) is 10.2 Å². The summed E-state index contributed by atoms with van der Waals surface area (Å²) in [5.41, 5.74) is -0.382. The van der Waals surface area contributed by atoms with E-state index in [4.69, 9.17) is 0 Å². The van der Waals surface area contributed by atoms with Crippen molar-refractivity contribution in [3.63, 3.8) is 0 Å². The van der Waals surface area contributed by atoms with Gasteiger partial charge in [0.05, 0.1) is 6.07 Å². The van der Waals surface area contributed by atoms with E-state index in [1.807, 2.05) is 6.92 Å². The quantitative estimate of drug-likeness (QED) is 0.750. The van der Waals surface area contributed by atoms with Crippen molar-refractivity contribution in [3.8, 4) is 6.07 Å². The van der Waals surface area contributed by atoms with Gasteiger partial charge in [0.1, 0.15) is 5.54 Å². The van der Waals surface area contributed by atoms with Crippen molar-refractivity contribution in [2.24, 2.45) is 0 Å². The van der Waals surface area contributed by atoms with Crippen LogP contribution >= 0.6 is 0 Å².